The zero-order valence-electron chi connectivity index (χ0n) is 15.3. The molecule has 5 nitrogen and oxygen atoms in total. The van der Waals surface area contributed by atoms with Gasteiger partial charge in [0.1, 0.15) is 0 Å². The van der Waals surface area contributed by atoms with E-state index in [1.54, 1.807) is 18.2 Å². The van der Waals surface area contributed by atoms with E-state index in [0.717, 1.165) is 5.56 Å². The van der Waals surface area contributed by atoms with Crippen molar-refractivity contribution in [3.05, 3.63) is 53.1 Å². The summed E-state index contributed by atoms with van der Waals surface area (Å²) in [6, 6.07) is 12.9. The molecule has 2 aromatic rings. The first-order valence-electron chi connectivity index (χ1n) is 8.72. The standard InChI is InChI=1S/C20H25ClN2O3/c1-4-25-18-11-10-15(12-19(18)26-5-2)23-20(24)13-22-14(3)16-8-6-7-9-17(16)21/h6-12,14,22H,4-5,13H2,1-3H3,(H,23,24)/t14-/m0/s1. The molecular weight excluding hydrogens is 352 g/mol. The number of ether oxygens (including phenoxy) is 2. The highest BCUT2D eigenvalue weighted by Gasteiger charge is 2.12. The highest BCUT2D eigenvalue weighted by molar-refractivity contribution is 6.31. The maximum absolute atomic E-state index is 12.2. The Morgan fingerprint density at radius 1 is 1.08 bits per heavy atom. The van der Waals surface area contributed by atoms with Crippen molar-refractivity contribution >= 4 is 23.2 Å². The van der Waals surface area contributed by atoms with E-state index < -0.39 is 0 Å². The summed E-state index contributed by atoms with van der Waals surface area (Å²) < 4.78 is 11.1. The summed E-state index contributed by atoms with van der Waals surface area (Å²) in [5, 5.41) is 6.72. The highest BCUT2D eigenvalue weighted by atomic mass is 35.5. The van der Waals surface area contributed by atoms with Gasteiger partial charge in [0.05, 0.1) is 19.8 Å². The molecule has 2 rings (SSSR count). The number of carbonyl (C=O) groups is 1. The lowest BCUT2D eigenvalue weighted by Crippen LogP contribution is -2.30. The predicted molar refractivity (Wildman–Crippen MR) is 105 cm³/mol. The number of hydrogen-bond donors (Lipinski definition) is 2. The quantitative estimate of drug-likeness (QED) is 0.679. The Hall–Kier alpha value is -2.24. The van der Waals surface area contributed by atoms with Crippen molar-refractivity contribution in [3.63, 3.8) is 0 Å². The minimum Gasteiger partial charge on any atom is -0.490 e. The molecule has 0 aromatic heterocycles. The van der Waals surface area contributed by atoms with Crippen LogP contribution in [0.5, 0.6) is 11.5 Å². The number of anilines is 1. The monoisotopic (exact) mass is 376 g/mol. The topological polar surface area (TPSA) is 59.6 Å². The second-order valence-corrected chi connectivity index (χ2v) is 6.11. The number of hydrogen-bond acceptors (Lipinski definition) is 4. The fraction of sp³-hybridized carbons (Fsp3) is 0.350. The summed E-state index contributed by atoms with van der Waals surface area (Å²) in [7, 11) is 0. The first-order chi connectivity index (χ1) is 12.5. The second-order valence-electron chi connectivity index (χ2n) is 5.70. The molecule has 0 aliphatic rings. The van der Waals surface area contributed by atoms with E-state index in [0.29, 0.717) is 35.4 Å². The van der Waals surface area contributed by atoms with Crippen LogP contribution in [0.25, 0.3) is 0 Å². The summed E-state index contributed by atoms with van der Waals surface area (Å²) in [4.78, 5) is 12.2. The van der Waals surface area contributed by atoms with Crippen molar-refractivity contribution in [2.75, 3.05) is 25.1 Å². The summed E-state index contributed by atoms with van der Waals surface area (Å²) in [6.45, 7) is 7.03. The number of halogens is 1. The highest BCUT2D eigenvalue weighted by Crippen LogP contribution is 2.30. The lowest BCUT2D eigenvalue weighted by molar-refractivity contribution is -0.115. The zero-order chi connectivity index (χ0) is 18.9. The molecule has 0 spiro atoms. The Balaban J connectivity index is 1.95. The van der Waals surface area contributed by atoms with Gasteiger partial charge in [0.2, 0.25) is 5.91 Å². The van der Waals surface area contributed by atoms with Crippen molar-refractivity contribution in [3.8, 4) is 11.5 Å². The Kier molecular flexibility index (Phi) is 7.75. The van der Waals surface area contributed by atoms with E-state index >= 15 is 0 Å². The molecule has 2 aromatic carbocycles. The molecule has 0 bridgehead atoms. The van der Waals surface area contributed by atoms with Gasteiger partial charge in [-0.05, 0) is 44.5 Å². The van der Waals surface area contributed by atoms with Crippen molar-refractivity contribution in [2.24, 2.45) is 0 Å². The number of carbonyl (C=O) groups excluding carboxylic acids is 1. The van der Waals surface area contributed by atoms with Crippen molar-refractivity contribution in [2.45, 2.75) is 26.8 Å². The average molecular weight is 377 g/mol. The molecular formula is C20H25ClN2O3. The number of nitrogens with one attached hydrogen (secondary N) is 2. The van der Waals surface area contributed by atoms with Crippen molar-refractivity contribution < 1.29 is 14.3 Å². The zero-order valence-corrected chi connectivity index (χ0v) is 16.1. The van der Waals surface area contributed by atoms with Crippen LogP contribution in [0.1, 0.15) is 32.4 Å². The van der Waals surface area contributed by atoms with E-state index in [1.165, 1.54) is 0 Å². The van der Waals surface area contributed by atoms with Gasteiger partial charge in [-0.2, -0.15) is 0 Å². The second kappa shape index (κ2) is 10.0. The molecule has 0 fully saturated rings. The molecule has 0 radical (unpaired) electrons. The van der Waals surface area contributed by atoms with Crippen molar-refractivity contribution in [1.82, 2.24) is 5.32 Å². The fourth-order valence-corrected chi connectivity index (χ4v) is 2.82. The molecule has 1 atom stereocenters. The van der Waals surface area contributed by atoms with Crippen LogP contribution in [-0.4, -0.2) is 25.7 Å². The van der Waals surface area contributed by atoms with E-state index in [-0.39, 0.29) is 18.5 Å². The molecule has 0 heterocycles. The molecule has 0 aliphatic heterocycles. The van der Waals surface area contributed by atoms with Gasteiger partial charge in [-0.3, -0.25) is 4.79 Å². The van der Waals surface area contributed by atoms with Gasteiger partial charge >= 0.3 is 0 Å². The van der Waals surface area contributed by atoms with Crippen LogP contribution in [0.4, 0.5) is 5.69 Å². The minimum absolute atomic E-state index is 0.0336. The lowest BCUT2D eigenvalue weighted by Gasteiger charge is -2.16. The minimum atomic E-state index is -0.143. The van der Waals surface area contributed by atoms with Gasteiger partial charge in [0.15, 0.2) is 11.5 Å². The largest absolute Gasteiger partial charge is 0.490 e. The fourth-order valence-electron chi connectivity index (χ4n) is 2.52. The van der Waals surface area contributed by atoms with Crippen LogP contribution < -0.4 is 20.1 Å². The molecule has 0 unspecified atom stereocenters. The van der Waals surface area contributed by atoms with Crippen LogP contribution in [0.3, 0.4) is 0 Å². The molecule has 1 amide bonds. The molecule has 0 saturated carbocycles. The Morgan fingerprint density at radius 2 is 1.77 bits per heavy atom. The summed E-state index contributed by atoms with van der Waals surface area (Å²) in [6.07, 6.45) is 0. The number of benzene rings is 2. The third kappa shape index (κ3) is 5.64. The van der Waals surface area contributed by atoms with Crippen LogP contribution in [0, 0.1) is 0 Å². The van der Waals surface area contributed by atoms with E-state index in [4.69, 9.17) is 21.1 Å². The number of rotatable bonds is 9. The molecule has 140 valence electrons. The van der Waals surface area contributed by atoms with Gasteiger partial charge < -0.3 is 20.1 Å². The summed E-state index contributed by atoms with van der Waals surface area (Å²) in [5.74, 6) is 1.14. The normalized spacial score (nSPS) is 11.7. The molecule has 26 heavy (non-hydrogen) atoms. The Bertz CT molecular complexity index is 737. The molecule has 2 N–H and O–H groups in total. The SMILES string of the molecule is CCOc1ccc(NC(=O)CN[C@@H](C)c2ccccc2Cl)cc1OCC. The molecule has 0 aliphatic carbocycles. The van der Waals surface area contributed by atoms with Gasteiger partial charge in [0, 0.05) is 22.8 Å². The van der Waals surface area contributed by atoms with Gasteiger partial charge in [-0.25, -0.2) is 0 Å². The predicted octanol–water partition coefficient (Wildman–Crippen LogP) is 4.43. The van der Waals surface area contributed by atoms with Gasteiger partial charge in [0.25, 0.3) is 0 Å². The smallest absolute Gasteiger partial charge is 0.238 e. The van der Waals surface area contributed by atoms with Gasteiger partial charge in [-0.15, -0.1) is 0 Å². The first kappa shape index (κ1) is 20.1. The Morgan fingerprint density at radius 3 is 2.46 bits per heavy atom. The van der Waals surface area contributed by atoms with Gasteiger partial charge in [-0.1, -0.05) is 29.8 Å². The van der Waals surface area contributed by atoms with E-state index in [9.17, 15) is 4.79 Å². The lowest BCUT2D eigenvalue weighted by atomic mass is 10.1. The van der Waals surface area contributed by atoms with Crippen LogP contribution in [0.2, 0.25) is 5.02 Å². The first-order valence-corrected chi connectivity index (χ1v) is 9.10. The maximum Gasteiger partial charge on any atom is 0.238 e. The number of amides is 1. The van der Waals surface area contributed by atoms with Crippen molar-refractivity contribution in [1.29, 1.82) is 0 Å². The average Bonchev–Trinajstić information content (AvgIpc) is 2.62. The molecule has 0 saturated heterocycles. The summed E-state index contributed by atoms with van der Waals surface area (Å²) in [5.41, 5.74) is 1.62. The third-order valence-corrected chi connectivity index (χ3v) is 4.11. The Labute approximate surface area is 159 Å². The van der Waals surface area contributed by atoms with E-state index in [1.807, 2.05) is 45.0 Å². The van der Waals surface area contributed by atoms with Crippen LogP contribution in [0.15, 0.2) is 42.5 Å². The van der Waals surface area contributed by atoms with Crippen LogP contribution >= 0.6 is 11.6 Å². The molecule has 6 heteroatoms. The third-order valence-electron chi connectivity index (χ3n) is 3.77. The van der Waals surface area contributed by atoms with Crippen LogP contribution in [-0.2, 0) is 4.79 Å². The summed E-state index contributed by atoms with van der Waals surface area (Å²) >= 11 is 6.19. The van der Waals surface area contributed by atoms with E-state index in [2.05, 4.69) is 10.6 Å². The maximum atomic E-state index is 12.2.